The van der Waals surface area contributed by atoms with E-state index in [9.17, 15) is 9.90 Å². The number of carbonyl (C=O) groups is 1. The van der Waals surface area contributed by atoms with E-state index in [4.69, 9.17) is 4.74 Å². The van der Waals surface area contributed by atoms with Gasteiger partial charge < -0.3 is 20.5 Å². The zero-order chi connectivity index (χ0) is 14.7. The number of rotatable bonds is 6. The quantitative estimate of drug-likeness (QED) is 0.744. The molecular weight excluding hydrogens is 304 g/mol. The van der Waals surface area contributed by atoms with E-state index in [2.05, 4.69) is 10.6 Å². The number of aliphatic hydroxyl groups is 1. The first-order chi connectivity index (χ1) is 10.2. The van der Waals surface area contributed by atoms with Crippen molar-refractivity contribution < 1.29 is 14.6 Å². The van der Waals surface area contributed by atoms with Crippen molar-refractivity contribution in [1.82, 2.24) is 5.32 Å². The van der Waals surface area contributed by atoms with Crippen molar-refractivity contribution in [2.45, 2.75) is 38.0 Å². The molecule has 2 atom stereocenters. The first-order valence-electron chi connectivity index (χ1n) is 7.59. The van der Waals surface area contributed by atoms with E-state index >= 15 is 0 Å². The number of carbonyl (C=O) groups excluding carboxylic acids is 1. The highest BCUT2D eigenvalue weighted by Crippen LogP contribution is 2.29. The second-order valence-corrected chi connectivity index (χ2v) is 6.00. The number of β-amino-alcohol motifs (C(OH)–C–C–N with tert-alkyl or cyclic N) is 1. The van der Waals surface area contributed by atoms with Crippen LogP contribution in [0.25, 0.3) is 0 Å². The second-order valence-electron chi connectivity index (χ2n) is 6.00. The molecule has 1 saturated carbocycles. The summed E-state index contributed by atoms with van der Waals surface area (Å²) in [4.78, 5) is 12.1. The van der Waals surface area contributed by atoms with Gasteiger partial charge in [-0.3, -0.25) is 4.79 Å². The number of ether oxygens (including phenoxy) is 1. The lowest BCUT2D eigenvalue weighted by atomic mass is 10.1. The van der Waals surface area contributed by atoms with E-state index in [1.807, 2.05) is 24.3 Å². The lowest BCUT2D eigenvalue weighted by Crippen LogP contribution is -2.35. The van der Waals surface area contributed by atoms with Crippen molar-refractivity contribution in [2.75, 3.05) is 18.5 Å². The Labute approximate surface area is 136 Å². The topological polar surface area (TPSA) is 70.6 Å². The number of hydrogen-bond acceptors (Lipinski definition) is 4. The van der Waals surface area contributed by atoms with E-state index in [1.165, 1.54) is 12.8 Å². The van der Waals surface area contributed by atoms with Crippen molar-refractivity contribution >= 4 is 24.0 Å². The number of hydrogen-bond donors (Lipinski definition) is 3. The molecule has 1 saturated heterocycles. The highest BCUT2D eigenvalue weighted by atomic mass is 35.5. The number of amides is 1. The molecule has 1 aliphatic heterocycles. The van der Waals surface area contributed by atoms with Crippen molar-refractivity contribution in [3.05, 3.63) is 29.8 Å². The standard InChI is InChI=1S/C16H22N2O3.ClH/c19-14-7-15(17-8-14)16(20)18-13-3-1-2-12(6-13)10-21-9-11-4-5-11;/h1-3,6,11,14-15,17,19H,4-5,7-10H2,(H,18,20);1H. The van der Waals surface area contributed by atoms with Crippen LogP contribution in [0, 0.1) is 5.92 Å². The summed E-state index contributed by atoms with van der Waals surface area (Å²) < 4.78 is 5.66. The molecule has 3 N–H and O–H groups in total. The Morgan fingerprint density at radius 1 is 1.41 bits per heavy atom. The molecule has 1 amide bonds. The van der Waals surface area contributed by atoms with Crippen molar-refractivity contribution in [3.63, 3.8) is 0 Å². The van der Waals surface area contributed by atoms with E-state index in [1.54, 1.807) is 0 Å². The van der Waals surface area contributed by atoms with E-state index < -0.39 is 6.10 Å². The average Bonchev–Trinajstić information content (AvgIpc) is 3.18. The summed E-state index contributed by atoms with van der Waals surface area (Å²) in [6.45, 7) is 1.90. The fraction of sp³-hybridized carbons (Fsp3) is 0.562. The molecule has 6 heteroatoms. The maximum Gasteiger partial charge on any atom is 0.241 e. The van der Waals surface area contributed by atoms with Gasteiger partial charge in [-0.25, -0.2) is 0 Å². The van der Waals surface area contributed by atoms with Gasteiger partial charge in [0.1, 0.15) is 0 Å². The predicted molar refractivity (Wildman–Crippen MR) is 87.1 cm³/mol. The van der Waals surface area contributed by atoms with Crippen LogP contribution in [-0.2, 0) is 16.1 Å². The van der Waals surface area contributed by atoms with Gasteiger partial charge in [0, 0.05) is 18.8 Å². The Kier molecular flexibility index (Phi) is 6.20. The second kappa shape index (κ2) is 7.92. The lowest BCUT2D eigenvalue weighted by molar-refractivity contribution is -0.117. The van der Waals surface area contributed by atoms with E-state index in [0.29, 0.717) is 19.6 Å². The summed E-state index contributed by atoms with van der Waals surface area (Å²) in [5.41, 5.74) is 1.84. The highest BCUT2D eigenvalue weighted by Gasteiger charge is 2.28. The largest absolute Gasteiger partial charge is 0.392 e. The molecule has 0 bridgehead atoms. The van der Waals surface area contributed by atoms with Crippen LogP contribution >= 0.6 is 12.4 Å². The molecule has 2 aliphatic rings. The van der Waals surface area contributed by atoms with Crippen LogP contribution in [0.4, 0.5) is 5.69 Å². The summed E-state index contributed by atoms with van der Waals surface area (Å²) in [6.07, 6.45) is 2.62. The third kappa shape index (κ3) is 4.95. The Morgan fingerprint density at radius 3 is 2.91 bits per heavy atom. The Morgan fingerprint density at radius 2 is 2.23 bits per heavy atom. The minimum Gasteiger partial charge on any atom is -0.392 e. The normalized spacial score (nSPS) is 23.9. The number of benzene rings is 1. The van der Waals surface area contributed by atoms with Gasteiger partial charge in [0.25, 0.3) is 0 Å². The number of halogens is 1. The van der Waals surface area contributed by atoms with Crippen LogP contribution in [0.1, 0.15) is 24.8 Å². The van der Waals surface area contributed by atoms with Gasteiger partial charge in [0.2, 0.25) is 5.91 Å². The van der Waals surface area contributed by atoms with Gasteiger partial charge in [-0.2, -0.15) is 0 Å². The van der Waals surface area contributed by atoms with Crippen LogP contribution in [0.3, 0.4) is 0 Å². The molecule has 2 unspecified atom stereocenters. The molecule has 5 nitrogen and oxygen atoms in total. The molecule has 0 spiro atoms. The summed E-state index contributed by atoms with van der Waals surface area (Å²) in [7, 11) is 0. The van der Waals surface area contributed by atoms with Crippen molar-refractivity contribution in [2.24, 2.45) is 5.92 Å². The predicted octanol–water partition coefficient (Wildman–Crippen LogP) is 1.70. The summed E-state index contributed by atoms with van der Waals surface area (Å²) in [5, 5.41) is 15.3. The fourth-order valence-corrected chi connectivity index (χ4v) is 2.51. The summed E-state index contributed by atoms with van der Waals surface area (Å²) >= 11 is 0. The first-order valence-corrected chi connectivity index (χ1v) is 7.59. The molecule has 1 aromatic carbocycles. The van der Waals surface area contributed by atoms with Gasteiger partial charge in [-0.05, 0) is 42.9 Å². The van der Waals surface area contributed by atoms with Gasteiger partial charge in [-0.1, -0.05) is 12.1 Å². The molecule has 1 aromatic rings. The van der Waals surface area contributed by atoms with Crippen LogP contribution in [0.15, 0.2) is 24.3 Å². The van der Waals surface area contributed by atoms with Crippen LogP contribution in [0.5, 0.6) is 0 Å². The number of nitrogens with one attached hydrogen (secondary N) is 2. The number of anilines is 1. The molecule has 2 fully saturated rings. The monoisotopic (exact) mass is 326 g/mol. The molecule has 3 rings (SSSR count). The molecule has 22 heavy (non-hydrogen) atoms. The molecule has 1 aliphatic carbocycles. The smallest absolute Gasteiger partial charge is 0.241 e. The van der Waals surface area contributed by atoms with Crippen molar-refractivity contribution in [3.8, 4) is 0 Å². The zero-order valence-electron chi connectivity index (χ0n) is 12.5. The van der Waals surface area contributed by atoms with Gasteiger partial charge >= 0.3 is 0 Å². The Hall–Kier alpha value is -1.14. The Bertz CT molecular complexity index is 508. The lowest BCUT2D eigenvalue weighted by Gasteiger charge is -2.12. The maximum absolute atomic E-state index is 12.1. The third-order valence-corrected chi connectivity index (χ3v) is 3.94. The minimum absolute atomic E-state index is 0. The molecule has 122 valence electrons. The maximum atomic E-state index is 12.1. The van der Waals surface area contributed by atoms with E-state index in [0.717, 1.165) is 23.8 Å². The third-order valence-electron chi connectivity index (χ3n) is 3.94. The van der Waals surface area contributed by atoms with Crippen LogP contribution in [-0.4, -0.2) is 36.3 Å². The Balaban J connectivity index is 0.00000176. The van der Waals surface area contributed by atoms with Crippen LogP contribution in [0.2, 0.25) is 0 Å². The van der Waals surface area contributed by atoms with E-state index in [-0.39, 0.29) is 24.4 Å². The SMILES string of the molecule is Cl.O=C(Nc1cccc(COCC2CC2)c1)C1CC(O)CN1. The number of aliphatic hydroxyl groups excluding tert-OH is 1. The average molecular weight is 327 g/mol. The molecular formula is C16H23ClN2O3. The first kappa shape index (κ1) is 17.2. The molecule has 0 aromatic heterocycles. The fourth-order valence-electron chi connectivity index (χ4n) is 2.51. The molecule has 0 radical (unpaired) electrons. The zero-order valence-corrected chi connectivity index (χ0v) is 13.3. The minimum atomic E-state index is -0.428. The van der Waals surface area contributed by atoms with Crippen LogP contribution < -0.4 is 10.6 Å². The van der Waals surface area contributed by atoms with Gasteiger partial charge in [-0.15, -0.1) is 12.4 Å². The summed E-state index contributed by atoms with van der Waals surface area (Å²) in [6, 6.07) is 7.42. The molecule has 1 heterocycles. The van der Waals surface area contributed by atoms with Crippen molar-refractivity contribution in [1.29, 1.82) is 0 Å². The van der Waals surface area contributed by atoms with Gasteiger partial charge in [0.15, 0.2) is 0 Å². The van der Waals surface area contributed by atoms with Gasteiger partial charge in [0.05, 0.1) is 18.8 Å². The highest BCUT2D eigenvalue weighted by molar-refractivity contribution is 5.95. The summed E-state index contributed by atoms with van der Waals surface area (Å²) in [5.74, 6) is 0.662.